The van der Waals surface area contributed by atoms with Crippen molar-refractivity contribution in [3.05, 3.63) is 53.3 Å². The standard InChI is InChI=1S/C33H37F3N6O3/c1-20-17-42(32-14-22(15-32)16-32)10-8-25(20)40-31(44)24-11-21(12-27-29(24)39-19-41(27)18-33(34,35)36)5-4-9-38-26-7-6-23(30(43)37-2)13-28(26)45-3/h6-7,11-13,19-20,22,25,38H,8-10,14-18H2,1-3H3,(H,37,43)(H,40,44)/t20-,22?,25-,32?/m1/s1. The Balaban J connectivity index is 1.20. The lowest BCUT2D eigenvalue weighted by Gasteiger charge is -2.68. The van der Waals surface area contributed by atoms with Gasteiger partial charge in [-0.3, -0.25) is 14.5 Å². The number of nitrogens with one attached hydrogen (secondary N) is 3. The predicted molar refractivity (Wildman–Crippen MR) is 164 cm³/mol. The van der Waals surface area contributed by atoms with E-state index in [2.05, 4.69) is 44.6 Å². The monoisotopic (exact) mass is 622 g/mol. The van der Waals surface area contributed by atoms with E-state index in [1.807, 2.05) is 0 Å². The first kappa shape index (κ1) is 30.8. The highest BCUT2D eigenvalue weighted by molar-refractivity contribution is 6.05. The molecule has 2 atom stereocenters. The summed E-state index contributed by atoms with van der Waals surface area (Å²) in [5, 5.41) is 8.86. The molecule has 3 N–H and O–H groups in total. The maximum atomic E-state index is 13.7. The number of benzene rings is 2. The molecule has 0 radical (unpaired) electrons. The molecule has 45 heavy (non-hydrogen) atoms. The molecule has 12 heteroatoms. The highest BCUT2D eigenvalue weighted by Gasteiger charge is 2.60. The number of methoxy groups -OCH3 is 1. The second-order valence-corrected chi connectivity index (χ2v) is 12.5. The molecule has 2 heterocycles. The van der Waals surface area contributed by atoms with Crippen LogP contribution in [-0.2, 0) is 6.54 Å². The number of imidazole rings is 1. The van der Waals surface area contributed by atoms with Crippen molar-refractivity contribution in [3.8, 4) is 17.6 Å². The van der Waals surface area contributed by atoms with E-state index in [9.17, 15) is 22.8 Å². The number of anilines is 1. The molecule has 1 aromatic heterocycles. The van der Waals surface area contributed by atoms with Crippen molar-refractivity contribution in [1.82, 2.24) is 25.1 Å². The van der Waals surface area contributed by atoms with Gasteiger partial charge in [0.25, 0.3) is 11.8 Å². The van der Waals surface area contributed by atoms with E-state index in [1.165, 1.54) is 32.4 Å². The smallest absolute Gasteiger partial charge is 0.406 e. The Bertz CT molecular complexity index is 1670. The number of amides is 2. The molecule has 1 aliphatic heterocycles. The van der Waals surface area contributed by atoms with Gasteiger partial charge in [-0.25, -0.2) is 4.98 Å². The van der Waals surface area contributed by atoms with Crippen LogP contribution >= 0.6 is 0 Å². The lowest BCUT2D eigenvalue weighted by Crippen LogP contribution is -2.70. The molecule has 7 rings (SSSR count). The van der Waals surface area contributed by atoms with Gasteiger partial charge in [0.15, 0.2) is 0 Å². The Labute approximate surface area is 259 Å². The van der Waals surface area contributed by atoms with Crippen LogP contribution in [0.3, 0.4) is 0 Å². The topological polar surface area (TPSA) is 101 Å². The number of aromatic nitrogens is 2. The molecule has 238 valence electrons. The predicted octanol–water partition coefficient (Wildman–Crippen LogP) is 4.42. The van der Waals surface area contributed by atoms with Gasteiger partial charge in [-0.1, -0.05) is 18.8 Å². The molecule has 2 bridgehead atoms. The van der Waals surface area contributed by atoms with Crippen LogP contribution in [0.2, 0.25) is 0 Å². The van der Waals surface area contributed by atoms with Crippen LogP contribution in [0.4, 0.5) is 18.9 Å². The first-order valence-corrected chi connectivity index (χ1v) is 15.2. The van der Waals surface area contributed by atoms with E-state index >= 15 is 0 Å². The second kappa shape index (κ2) is 11.9. The van der Waals surface area contributed by atoms with Gasteiger partial charge in [0.05, 0.1) is 36.7 Å². The normalized spacial score (nSPS) is 24.1. The zero-order chi connectivity index (χ0) is 31.9. The third-order valence-corrected chi connectivity index (χ3v) is 9.51. The van der Waals surface area contributed by atoms with Crippen molar-refractivity contribution in [2.75, 3.05) is 39.1 Å². The molecule has 2 amide bonds. The van der Waals surface area contributed by atoms with E-state index in [0.29, 0.717) is 28.1 Å². The van der Waals surface area contributed by atoms with Gasteiger partial charge in [0, 0.05) is 42.8 Å². The molecule has 3 aromatic rings. The average molecular weight is 623 g/mol. The SMILES string of the molecule is CNC(=O)c1ccc(NCC#Cc2cc(C(=O)N[C@@H]3CCN(C45CC(C4)C5)C[C@H]3C)c3ncn(CC(F)(F)F)c3c2)c(OC)c1. The molecule has 0 unspecified atom stereocenters. The Morgan fingerprint density at radius 1 is 1.16 bits per heavy atom. The van der Waals surface area contributed by atoms with E-state index in [4.69, 9.17) is 4.74 Å². The van der Waals surface area contributed by atoms with Gasteiger partial charge in [0.2, 0.25) is 0 Å². The summed E-state index contributed by atoms with van der Waals surface area (Å²) in [6.07, 6.45) is 1.34. The summed E-state index contributed by atoms with van der Waals surface area (Å²) in [6, 6.07) is 8.04. The van der Waals surface area contributed by atoms with E-state index < -0.39 is 12.7 Å². The Hall–Kier alpha value is -4.24. The summed E-state index contributed by atoms with van der Waals surface area (Å²) in [5.41, 5.74) is 2.43. The minimum absolute atomic E-state index is 0.0443. The fourth-order valence-corrected chi connectivity index (χ4v) is 6.99. The van der Waals surface area contributed by atoms with Crippen molar-refractivity contribution in [2.24, 2.45) is 11.8 Å². The lowest BCUT2D eigenvalue weighted by molar-refractivity contribution is -0.156. The Kier molecular flexibility index (Phi) is 8.16. The van der Waals surface area contributed by atoms with Crippen molar-refractivity contribution >= 4 is 28.5 Å². The van der Waals surface area contributed by atoms with Gasteiger partial charge in [-0.05, 0) is 67.9 Å². The van der Waals surface area contributed by atoms with Gasteiger partial charge in [-0.15, -0.1) is 0 Å². The molecule has 3 aliphatic carbocycles. The zero-order valence-corrected chi connectivity index (χ0v) is 25.6. The average Bonchev–Trinajstić information content (AvgIpc) is 3.35. The molecule has 2 aromatic carbocycles. The number of alkyl halides is 3. The van der Waals surface area contributed by atoms with Gasteiger partial charge in [0.1, 0.15) is 17.8 Å². The quantitative estimate of drug-likeness (QED) is 0.322. The molecule has 3 saturated carbocycles. The summed E-state index contributed by atoms with van der Waals surface area (Å²) in [7, 11) is 3.03. The van der Waals surface area contributed by atoms with Crippen LogP contribution < -0.4 is 20.7 Å². The highest BCUT2D eigenvalue weighted by Crippen LogP contribution is 2.61. The fraction of sp³-hybridized carbons (Fsp3) is 0.485. The van der Waals surface area contributed by atoms with Crippen LogP contribution in [0, 0.1) is 23.7 Å². The number of carbonyl (C=O) groups excluding carboxylic acids is 2. The zero-order valence-electron chi connectivity index (χ0n) is 25.6. The van der Waals surface area contributed by atoms with Gasteiger partial charge < -0.3 is 25.3 Å². The van der Waals surface area contributed by atoms with E-state index in [1.54, 1.807) is 31.3 Å². The Morgan fingerprint density at radius 3 is 2.58 bits per heavy atom. The maximum Gasteiger partial charge on any atom is 0.406 e. The maximum absolute atomic E-state index is 13.7. The fourth-order valence-electron chi connectivity index (χ4n) is 6.99. The molecule has 0 spiro atoms. The number of carbonyl (C=O) groups is 2. The number of rotatable bonds is 8. The third kappa shape index (κ3) is 6.18. The molecule has 4 aliphatic rings. The minimum Gasteiger partial charge on any atom is -0.495 e. The summed E-state index contributed by atoms with van der Waals surface area (Å²) < 4.78 is 46.5. The van der Waals surface area contributed by atoms with Crippen molar-refractivity contribution in [2.45, 2.75) is 56.9 Å². The molecular formula is C33H37F3N6O3. The van der Waals surface area contributed by atoms with Crippen LogP contribution in [0.5, 0.6) is 5.75 Å². The second-order valence-electron chi connectivity index (χ2n) is 12.5. The van der Waals surface area contributed by atoms with Gasteiger partial charge >= 0.3 is 6.18 Å². The van der Waals surface area contributed by atoms with Crippen molar-refractivity contribution < 1.29 is 27.5 Å². The number of fused-ring (bicyclic) bond motifs is 1. The third-order valence-electron chi connectivity index (χ3n) is 9.51. The number of halogens is 3. The molecule has 1 saturated heterocycles. The molecule has 4 fully saturated rings. The van der Waals surface area contributed by atoms with Crippen molar-refractivity contribution in [3.63, 3.8) is 0 Å². The number of hydrogen-bond donors (Lipinski definition) is 3. The number of likely N-dealkylation sites (tertiary alicyclic amines) is 1. The summed E-state index contributed by atoms with van der Waals surface area (Å²) in [5.74, 6) is 6.95. The summed E-state index contributed by atoms with van der Waals surface area (Å²) >= 11 is 0. The molecule has 9 nitrogen and oxygen atoms in total. The largest absolute Gasteiger partial charge is 0.495 e. The summed E-state index contributed by atoms with van der Waals surface area (Å²) in [4.78, 5) is 32.4. The number of nitrogens with zero attached hydrogens (tertiary/aromatic N) is 3. The van der Waals surface area contributed by atoms with Crippen molar-refractivity contribution in [1.29, 1.82) is 0 Å². The highest BCUT2D eigenvalue weighted by atomic mass is 19.4. The Morgan fingerprint density at radius 2 is 1.93 bits per heavy atom. The van der Waals surface area contributed by atoms with Crippen LogP contribution in [0.25, 0.3) is 11.0 Å². The minimum atomic E-state index is -4.46. The van der Waals surface area contributed by atoms with E-state index in [-0.39, 0.29) is 46.9 Å². The lowest BCUT2D eigenvalue weighted by atomic mass is 9.48. The number of hydrogen-bond acceptors (Lipinski definition) is 6. The number of piperidine rings is 1. The molecular weight excluding hydrogens is 585 g/mol. The van der Waals surface area contributed by atoms with Gasteiger partial charge in [-0.2, -0.15) is 13.2 Å². The van der Waals surface area contributed by atoms with E-state index in [0.717, 1.165) is 36.3 Å². The van der Waals surface area contributed by atoms with Crippen LogP contribution in [0.1, 0.15) is 58.9 Å². The summed E-state index contributed by atoms with van der Waals surface area (Å²) in [6.45, 7) is 2.94. The van der Waals surface area contributed by atoms with Crippen LogP contribution in [-0.4, -0.2) is 77.8 Å². The first-order valence-electron chi connectivity index (χ1n) is 15.2. The number of ether oxygens (including phenoxy) is 1. The van der Waals surface area contributed by atoms with Crippen LogP contribution in [0.15, 0.2) is 36.7 Å². The first-order chi connectivity index (χ1) is 21.5.